The molecule has 0 saturated carbocycles. The van der Waals surface area contributed by atoms with Crippen LogP contribution in [0.3, 0.4) is 0 Å². The summed E-state index contributed by atoms with van der Waals surface area (Å²) in [5.74, 6) is 0.676. The Morgan fingerprint density at radius 1 is 1.10 bits per heavy atom. The van der Waals surface area contributed by atoms with Crippen LogP contribution >= 0.6 is 0 Å². The molecule has 0 radical (unpaired) electrons. The number of fused-ring (bicyclic) bond motifs is 1. The fraction of sp³-hybridized carbons (Fsp3) is 0.176. The first-order valence-electron chi connectivity index (χ1n) is 7.15. The molecule has 4 heteroatoms. The Bertz CT molecular complexity index is 711. The fourth-order valence-corrected chi connectivity index (χ4v) is 2.21. The zero-order chi connectivity index (χ0) is 14.5. The summed E-state index contributed by atoms with van der Waals surface area (Å²) >= 11 is 0. The van der Waals surface area contributed by atoms with E-state index >= 15 is 0 Å². The van der Waals surface area contributed by atoms with Crippen molar-refractivity contribution < 1.29 is 0 Å². The molecule has 4 nitrogen and oxygen atoms in total. The lowest BCUT2D eigenvalue weighted by Gasteiger charge is -2.04. The van der Waals surface area contributed by atoms with Crippen molar-refractivity contribution >= 4 is 22.7 Å². The van der Waals surface area contributed by atoms with Crippen molar-refractivity contribution in [2.24, 2.45) is 5.10 Å². The summed E-state index contributed by atoms with van der Waals surface area (Å²) in [4.78, 5) is 7.66. The number of hydrazone groups is 1. The molecule has 0 saturated heterocycles. The molecule has 0 aliphatic heterocycles. The minimum atomic E-state index is 0.676. The van der Waals surface area contributed by atoms with Gasteiger partial charge in [0, 0.05) is 12.1 Å². The number of hydrogen-bond acceptors (Lipinski definition) is 3. The number of aromatic nitrogens is 2. The first-order valence-corrected chi connectivity index (χ1v) is 7.15. The zero-order valence-corrected chi connectivity index (χ0v) is 12.0. The molecule has 0 unspecified atom stereocenters. The van der Waals surface area contributed by atoms with Crippen molar-refractivity contribution in [1.29, 1.82) is 0 Å². The summed E-state index contributed by atoms with van der Waals surface area (Å²) in [6, 6.07) is 18.3. The lowest BCUT2D eigenvalue weighted by Crippen LogP contribution is -2.05. The quantitative estimate of drug-likeness (QED) is 0.548. The lowest BCUT2D eigenvalue weighted by atomic mass is 10.1. The third-order valence-corrected chi connectivity index (χ3v) is 3.37. The Kier molecular flexibility index (Phi) is 3.96. The molecule has 1 heterocycles. The average Bonchev–Trinajstić information content (AvgIpc) is 2.95. The summed E-state index contributed by atoms with van der Waals surface area (Å²) < 4.78 is 0. The number of anilines is 1. The van der Waals surface area contributed by atoms with Crippen molar-refractivity contribution in [2.45, 2.75) is 19.8 Å². The predicted molar refractivity (Wildman–Crippen MR) is 87.6 cm³/mol. The SMILES string of the molecule is CCC(Cc1ccccc1)=NNc1nc2ccccc2[nH]1. The van der Waals surface area contributed by atoms with Crippen LogP contribution in [-0.4, -0.2) is 15.7 Å². The van der Waals surface area contributed by atoms with E-state index in [4.69, 9.17) is 0 Å². The Hall–Kier alpha value is -2.62. The average molecular weight is 278 g/mol. The summed E-state index contributed by atoms with van der Waals surface area (Å²) in [6.07, 6.45) is 1.76. The van der Waals surface area contributed by atoms with Gasteiger partial charge in [-0.05, 0) is 24.1 Å². The molecule has 0 bridgehead atoms. The number of nitrogens with one attached hydrogen (secondary N) is 2. The molecule has 106 valence electrons. The van der Waals surface area contributed by atoms with E-state index in [0.717, 1.165) is 29.6 Å². The highest BCUT2D eigenvalue weighted by Crippen LogP contribution is 2.13. The van der Waals surface area contributed by atoms with Crippen LogP contribution in [0.15, 0.2) is 59.7 Å². The first-order chi connectivity index (χ1) is 10.3. The number of benzene rings is 2. The second kappa shape index (κ2) is 6.22. The molecular formula is C17H18N4. The smallest absolute Gasteiger partial charge is 0.222 e. The third kappa shape index (κ3) is 3.28. The van der Waals surface area contributed by atoms with Crippen LogP contribution in [0.1, 0.15) is 18.9 Å². The molecular weight excluding hydrogens is 260 g/mol. The summed E-state index contributed by atoms with van der Waals surface area (Å²) in [6.45, 7) is 2.11. The van der Waals surface area contributed by atoms with Gasteiger partial charge in [-0.1, -0.05) is 49.4 Å². The van der Waals surface area contributed by atoms with E-state index < -0.39 is 0 Å². The molecule has 0 aliphatic rings. The van der Waals surface area contributed by atoms with Gasteiger partial charge in [-0.2, -0.15) is 5.10 Å². The molecule has 0 spiro atoms. The molecule has 0 aliphatic carbocycles. The fourth-order valence-electron chi connectivity index (χ4n) is 2.21. The number of aromatic amines is 1. The van der Waals surface area contributed by atoms with Gasteiger partial charge in [0.15, 0.2) is 0 Å². The van der Waals surface area contributed by atoms with Crippen molar-refractivity contribution in [3.8, 4) is 0 Å². The lowest BCUT2D eigenvalue weighted by molar-refractivity contribution is 1.12. The number of imidazole rings is 1. The van der Waals surface area contributed by atoms with Crippen molar-refractivity contribution in [3.05, 3.63) is 60.2 Å². The molecule has 0 atom stereocenters. The Balaban J connectivity index is 1.73. The number of para-hydroxylation sites is 2. The molecule has 3 aromatic rings. The molecule has 3 rings (SSSR count). The summed E-state index contributed by atoms with van der Waals surface area (Å²) in [5, 5.41) is 4.48. The zero-order valence-electron chi connectivity index (χ0n) is 12.0. The molecule has 21 heavy (non-hydrogen) atoms. The molecule has 2 aromatic carbocycles. The topological polar surface area (TPSA) is 53.1 Å². The van der Waals surface area contributed by atoms with Crippen LogP contribution in [-0.2, 0) is 6.42 Å². The maximum absolute atomic E-state index is 4.48. The second-order valence-corrected chi connectivity index (χ2v) is 4.91. The van der Waals surface area contributed by atoms with Crippen LogP contribution in [0.5, 0.6) is 0 Å². The molecule has 0 fully saturated rings. The van der Waals surface area contributed by atoms with Gasteiger partial charge < -0.3 is 4.98 Å². The van der Waals surface area contributed by atoms with Crippen molar-refractivity contribution in [3.63, 3.8) is 0 Å². The van der Waals surface area contributed by atoms with Crippen LogP contribution in [0.2, 0.25) is 0 Å². The van der Waals surface area contributed by atoms with Crippen LogP contribution in [0.4, 0.5) is 5.95 Å². The minimum Gasteiger partial charge on any atom is -0.323 e. The number of rotatable bonds is 5. The van der Waals surface area contributed by atoms with Gasteiger partial charge in [0.05, 0.1) is 11.0 Å². The van der Waals surface area contributed by atoms with Gasteiger partial charge in [-0.25, -0.2) is 10.4 Å². The van der Waals surface area contributed by atoms with Crippen LogP contribution in [0, 0.1) is 0 Å². The molecule has 0 amide bonds. The number of hydrogen-bond donors (Lipinski definition) is 2. The number of H-pyrrole nitrogens is 1. The van der Waals surface area contributed by atoms with E-state index in [2.05, 4.69) is 51.7 Å². The maximum Gasteiger partial charge on any atom is 0.222 e. The van der Waals surface area contributed by atoms with Gasteiger partial charge in [0.25, 0.3) is 0 Å². The second-order valence-electron chi connectivity index (χ2n) is 4.91. The van der Waals surface area contributed by atoms with Gasteiger partial charge in [-0.3, -0.25) is 0 Å². The largest absolute Gasteiger partial charge is 0.323 e. The summed E-state index contributed by atoms with van der Waals surface area (Å²) in [7, 11) is 0. The van der Waals surface area contributed by atoms with E-state index in [1.807, 2.05) is 30.3 Å². The van der Waals surface area contributed by atoms with Gasteiger partial charge in [0.2, 0.25) is 5.95 Å². The normalized spacial score (nSPS) is 11.8. The van der Waals surface area contributed by atoms with Gasteiger partial charge >= 0.3 is 0 Å². The first kappa shape index (κ1) is 13.4. The predicted octanol–water partition coefficient (Wildman–Crippen LogP) is 3.98. The maximum atomic E-state index is 4.48. The third-order valence-electron chi connectivity index (χ3n) is 3.37. The van der Waals surface area contributed by atoms with E-state index in [1.165, 1.54) is 5.56 Å². The minimum absolute atomic E-state index is 0.676. The Morgan fingerprint density at radius 2 is 1.86 bits per heavy atom. The van der Waals surface area contributed by atoms with Crippen LogP contribution in [0.25, 0.3) is 11.0 Å². The van der Waals surface area contributed by atoms with Crippen molar-refractivity contribution in [2.75, 3.05) is 5.43 Å². The summed E-state index contributed by atoms with van der Waals surface area (Å²) in [5.41, 5.74) is 7.34. The van der Waals surface area contributed by atoms with Gasteiger partial charge in [-0.15, -0.1) is 0 Å². The van der Waals surface area contributed by atoms with Crippen molar-refractivity contribution in [1.82, 2.24) is 9.97 Å². The number of nitrogens with zero attached hydrogens (tertiary/aromatic N) is 2. The standard InChI is InChI=1S/C17H18N4/c1-2-14(12-13-8-4-3-5-9-13)20-21-17-18-15-10-6-7-11-16(15)19-17/h3-11H,2,12H2,1H3,(H2,18,19,21). The Labute approximate surface area is 123 Å². The van der Waals surface area contributed by atoms with Crippen LogP contribution < -0.4 is 5.43 Å². The van der Waals surface area contributed by atoms with Gasteiger partial charge in [0.1, 0.15) is 0 Å². The molecule has 2 N–H and O–H groups in total. The Morgan fingerprint density at radius 3 is 2.62 bits per heavy atom. The monoisotopic (exact) mass is 278 g/mol. The highest BCUT2D eigenvalue weighted by molar-refractivity contribution is 5.87. The van der Waals surface area contributed by atoms with E-state index in [-0.39, 0.29) is 0 Å². The van der Waals surface area contributed by atoms with E-state index in [0.29, 0.717) is 5.95 Å². The highest BCUT2D eigenvalue weighted by atomic mass is 15.4. The van der Waals surface area contributed by atoms with E-state index in [9.17, 15) is 0 Å². The van der Waals surface area contributed by atoms with E-state index in [1.54, 1.807) is 0 Å². The highest BCUT2D eigenvalue weighted by Gasteiger charge is 2.02. The molecule has 1 aromatic heterocycles.